The molecule has 5 atom stereocenters. The molecule has 1 aliphatic rings. The molecule has 1 aromatic heterocycles. The Balaban J connectivity index is 1.41. The molecule has 0 aliphatic carbocycles. The molecule has 4 amide bonds. The molecule has 0 saturated carbocycles. The van der Waals surface area contributed by atoms with Crippen molar-refractivity contribution in [3.63, 3.8) is 0 Å². The maximum atomic E-state index is 15.1. The van der Waals surface area contributed by atoms with Crippen molar-refractivity contribution in [3.8, 4) is 0 Å². The molecule has 1 unspecified atom stereocenters. The van der Waals surface area contributed by atoms with Crippen molar-refractivity contribution in [3.05, 3.63) is 114 Å². The van der Waals surface area contributed by atoms with E-state index < -0.39 is 124 Å². The summed E-state index contributed by atoms with van der Waals surface area (Å²) >= 11 is 0. The molecule has 23 heteroatoms. The van der Waals surface area contributed by atoms with Crippen LogP contribution in [0.1, 0.15) is 113 Å². The minimum Gasteiger partial charge on any atom is -0.449 e. The fourth-order valence-corrected chi connectivity index (χ4v) is 10.5. The third-order valence-corrected chi connectivity index (χ3v) is 15.2. The van der Waals surface area contributed by atoms with Crippen molar-refractivity contribution in [2.24, 2.45) is 36.5 Å². The highest BCUT2D eigenvalue weighted by atomic mass is 32.2. The summed E-state index contributed by atoms with van der Waals surface area (Å²) < 4.78 is 46.1. The van der Waals surface area contributed by atoms with Crippen LogP contribution in [0.15, 0.2) is 96.0 Å². The number of carbonyl (C=O) groups is 9. The number of morpholine rings is 1. The second kappa shape index (κ2) is 32.5. The van der Waals surface area contributed by atoms with E-state index in [1.807, 2.05) is 49.1 Å². The summed E-state index contributed by atoms with van der Waals surface area (Å²) in [5, 5.41) is 15.9. The Morgan fingerprint density at radius 1 is 0.759 bits per heavy atom. The third-order valence-electron chi connectivity index (χ3n) is 13.9. The number of esters is 1. The summed E-state index contributed by atoms with van der Waals surface area (Å²) in [6.07, 6.45) is 1.18. The molecule has 450 valence electrons. The number of benzene rings is 3. The number of rotatable bonds is 36. The number of nitrogens with two attached hydrogens (primary N) is 1. The predicted molar refractivity (Wildman–Crippen MR) is 305 cm³/mol. The van der Waals surface area contributed by atoms with E-state index in [4.69, 9.17) is 19.4 Å². The van der Waals surface area contributed by atoms with E-state index in [0.717, 1.165) is 18.6 Å². The van der Waals surface area contributed by atoms with E-state index in [1.165, 1.54) is 22.9 Å². The van der Waals surface area contributed by atoms with Crippen molar-refractivity contribution < 1.29 is 65.2 Å². The van der Waals surface area contributed by atoms with Crippen LogP contribution in [0.4, 0.5) is 0 Å². The highest BCUT2D eigenvalue weighted by Gasteiger charge is 2.45. The molecule has 22 nitrogen and oxygen atoms in total. The van der Waals surface area contributed by atoms with E-state index in [2.05, 4.69) is 26.3 Å². The Hall–Kier alpha value is -7.34. The van der Waals surface area contributed by atoms with Crippen molar-refractivity contribution in [1.82, 2.24) is 35.8 Å². The minimum absolute atomic E-state index is 0.00638. The summed E-state index contributed by atoms with van der Waals surface area (Å²) in [6.45, 7) is 9.09. The summed E-state index contributed by atoms with van der Waals surface area (Å²) in [6, 6.07) is 20.9. The topological polar surface area (TPSA) is 312 Å². The standard InChI is InChI=1S/C60H80N8O14S/c1-40(2)30-50(63-58(76)45(21-20-42-14-9-7-10-15-42)33-48(69)38-68-26-28-80-29-27-68)53(71)35-46(32-43-16-11-8-12-17-43)59(77)64-51(31-41(3)4)57(75)60(5,82-56(74)25-24-55(73)62-36-54(61)72)39-81-83(78,79)49-19-13-18-44(34-49)52(70)23-22-47-37-67(6)66-65-47/h7-19,34,37,40-41,45-46,50-51H,20-33,35-36,38-39H2,1-6H3,(H2,61,72)(H,62,73)(H,63,76)(H,64,77)/t45-,46-,50+,51+,60?/m1/s1. The number of hydrogen-bond donors (Lipinski definition) is 4. The number of hydrogen-bond acceptors (Lipinski definition) is 17. The van der Waals surface area contributed by atoms with Gasteiger partial charge < -0.3 is 31.2 Å². The molecule has 2 heterocycles. The molecule has 0 spiro atoms. The number of ketones is 4. The monoisotopic (exact) mass is 1170 g/mol. The van der Waals surface area contributed by atoms with Crippen LogP contribution in [0.2, 0.25) is 0 Å². The van der Waals surface area contributed by atoms with Crippen molar-refractivity contribution in [2.45, 2.75) is 128 Å². The Kier molecular flexibility index (Phi) is 26.0. The van der Waals surface area contributed by atoms with Gasteiger partial charge in [-0.15, -0.1) is 5.10 Å². The van der Waals surface area contributed by atoms with Crippen LogP contribution in [0.3, 0.4) is 0 Å². The van der Waals surface area contributed by atoms with Crippen molar-refractivity contribution in [1.29, 1.82) is 0 Å². The van der Waals surface area contributed by atoms with Crippen molar-refractivity contribution in [2.75, 3.05) is 46.0 Å². The van der Waals surface area contributed by atoms with Gasteiger partial charge in [0.1, 0.15) is 12.4 Å². The molecular formula is C60H80N8O14S. The van der Waals surface area contributed by atoms with Crippen LogP contribution in [0, 0.1) is 23.7 Å². The Morgan fingerprint density at radius 2 is 1.39 bits per heavy atom. The average molecular weight is 1170 g/mol. The highest BCUT2D eigenvalue weighted by molar-refractivity contribution is 7.86. The average Bonchev–Trinajstić information content (AvgIpc) is 4.05. The van der Waals surface area contributed by atoms with Crippen LogP contribution in [0.5, 0.6) is 0 Å². The van der Waals surface area contributed by atoms with Gasteiger partial charge in [0.2, 0.25) is 29.4 Å². The smallest absolute Gasteiger partial charge is 0.307 e. The zero-order valence-corrected chi connectivity index (χ0v) is 49.2. The Bertz CT molecular complexity index is 2970. The maximum absolute atomic E-state index is 15.1. The third kappa shape index (κ3) is 22.7. The lowest BCUT2D eigenvalue weighted by atomic mass is 9.86. The van der Waals surface area contributed by atoms with Crippen LogP contribution in [0.25, 0.3) is 0 Å². The van der Waals surface area contributed by atoms with E-state index in [9.17, 15) is 46.8 Å². The van der Waals surface area contributed by atoms with Crippen LogP contribution >= 0.6 is 0 Å². The second-order valence-corrected chi connectivity index (χ2v) is 23.8. The van der Waals surface area contributed by atoms with E-state index in [-0.39, 0.29) is 68.3 Å². The summed E-state index contributed by atoms with van der Waals surface area (Å²) in [4.78, 5) is 125. The number of aromatic nitrogens is 3. The van der Waals surface area contributed by atoms with Gasteiger partial charge in [-0.05, 0) is 74.1 Å². The van der Waals surface area contributed by atoms with Gasteiger partial charge in [0.05, 0.1) is 55.4 Å². The van der Waals surface area contributed by atoms with Gasteiger partial charge >= 0.3 is 5.97 Å². The molecule has 0 radical (unpaired) electrons. The molecule has 3 aromatic carbocycles. The number of nitrogens with one attached hydrogen (secondary N) is 3. The molecule has 1 aliphatic heterocycles. The molecule has 83 heavy (non-hydrogen) atoms. The normalized spacial score (nSPS) is 15.0. The molecule has 5 N–H and O–H groups in total. The summed E-state index contributed by atoms with van der Waals surface area (Å²) in [5.41, 5.74) is 4.89. The Morgan fingerprint density at radius 3 is 2.01 bits per heavy atom. The summed E-state index contributed by atoms with van der Waals surface area (Å²) in [5.74, 6) is -8.31. The number of primary amides is 1. The Labute approximate surface area is 485 Å². The quantitative estimate of drug-likeness (QED) is 0.0284. The lowest BCUT2D eigenvalue weighted by Gasteiger charge is -2.33. The zero-order chi connectivity index (χ0) is 60.7. The molecule has 5 rings (SSSR count). The first-order valence-corrected chi connectivity index (χ1v) is 29.5. The molecule has 1 fully saturated rings. The number of amides is 4. The van der Waals surface area contributed by atoms with Gasteiger partial charge in [0.15, 0.2) is 17.2 Å². The fourth-order valence-electron chi connectivity index (χ4n) is 9.52. The maximum Gasteiger partial charge on any atom is 0.307 e. The van der Waals surface area contributed by atoms with Crippen LogP contribution in [-0.2, 0) is 88.4 Å². The molecule has 4 aromatic rings. The first-order valence-electron chi connectivity index (χ1n) is 28.1. The zero-order valence-electron chi connectivity index (χ0n) is 48.3. The summed E-state index contributed by atoms with van der Waals surface area (Å²) in [7, 11) is -3.15. The molecule has 1 saturated heterocycles. The largest absolute Gasteiger partial charge is 0.449 e. The number of ether oxygens (including phenoxy) is 2. The SMILES string of the molecule is CC(C)C[C@H](NC(=O)[C@H](CCc1ccccc1)CC(=O)CN1CCOCC1)C(=O)C[C@@H](Cc1ccccc1)C(=O)N[C@@H](CC(C)C)C(=O)C(C)(COS(=O)(=O)c1cccc(C(=O)CCc2cn(C)nn2)c1)OC(=O)CCC(=O)NCC(N)=O. The van der Waals surface area contributed by atoms with Gasteiger partial charge in [-0.3, -0.25) is 56.9 Å². The number of aryl methyl sites for hydroxylation is 3. The van der Waals surface area contributed by atoms with Gasteiger partial charge in [-0.1, -0.05) is 106 Å². The lowest BCUT2D eigenvalue weighted by molar-refractivity contribution is -0.170. The van der Waals surface area contributed by atoms with E-state index in [1.54, 1.807) is 57.4 Å². The van der Waals surface area contributed by atoms with E-state index >= 15 is 4.79 Å². The van der Waals surface area contributed by atoms with Gasteiger partial charge in [-0.25, -0.2) is 0 Å². The minimum atomic E-state index is -4.82. The fraction of sp³-hybridized carbons (Fsp3) is 0.517. The number of carbonyl (C=O) groups excluding carboxylic acids is 9. The molecular weight excluding hydrogens is 1090 g/mol. The number of Topliss-reactive ketones (excluding diaryl/α,β-unsaturated/α-hetero) is 4. The first kappa shape index (κ1) is 66.5. The van der Waals surface area contributed by atoms with Crippen LogP contribution < -0.4 is 21.7 Å². The van der Waals surface area contributed by atoms with E-state index in [0.29, 0.717) is 50.4 Å². The second-order valence-electron chi connectivity index (χ2n) is 22.2. The van der Waals surface area contributed by atoms with Gasteiger partial charge in [0.25, 0.3) is 10.1 Å². The highest BCUT2D eigenvalue weighted by Crippen LogP contribution is 2.26. The molecule has 0 bridgehead atoms. The number of nitrogens with zero attached hydrogens (tertiary/aromatic N) is 4. The lowest BCUT2D eigenvalue weighted by Crippen LogP contribution is -2.56. The first-order chi connectivity index (χ1) is 39.4. The predicted octanol–water partition coefficient (Wildman–Crippen LogP) is 4.01. The van der Waals surface area contributed by atoms with Gasteiger partial charge in [0, 0.05) is 75.8 Å². The van der Waals surface area contributed by atoms with Crippen molar-refractivity contribution >= 4 is 62.8 Å². The van der Waals surface area contributed by atoms with Crippen LogP contribution in [-0.4, -0.2) is 145 Å². The van der Waals surface area contributed by atoms with Gasteiger partial charge in [-0.2, -0.15) is 8.42 Å².